The summed E-state index contributed by atoms with van der Waals surface area (Å²) in [5.41, 5.74) is 2.16. The molecule has 0 unspecified atom stereocenters. The molecular weight excluding hydrogens is 380 g/mol. The van der Waals surface area contributed by atoms with E-state index in [1.54, 1.807) is 22.9 Å². The van der Waals surface area contributed by atoms with Crippen LogP contribution in [-0.2, 0) is 16.1 Å². The third-order valence-electron chi connectivity index (χ3n) is 3.91. The minimum Gasteiger partial charge on any atom is -0.467 e. The summed E-state index contributed by atoms with van der Waals surface area (Å²) < 4.78 is 6.73. The first kappa shape index (κ1) is 19.4. The zero-order valence-electron chi connectivity index (χ0n) is 15.2. The second-order valence-corrected chi connectivity index (χ2v) is 6.30. The summed E-state index contributed by atoms with van der Waals surface area (Å²) in [6, 6.07) is 13.0. The monoisotopic (exact) mass is 398 g/mol. The number of carbonyl (C=O) groups is 2. The largest absolute Gasteiger partial charge is 0.467 e. The van der Waals surface area contributed by atoms with Gasteiger partial charge in [0.05, 0.1) is 30.7 Å². The Kier molecular flexibility index (Phi) is 6.29. The van der Waals surface area contributed by atoms with Crippen molar-refractivity contribution in [3.8, 4) is 5.69 Å². The molecule has 2 amide bonds. The molecule has 7 nitrogen and oxygen atoms in total. The number of aromatic nitrogens is 2. The van der Waals surface area contributed by atoms with Crippen LogP contribution in [0, 0.1) is 6.92 Å². The predicted molar refractivity (Wildman–Crippen MR) is 106 cm³/mol. The van der Waals surface area contributed by atoms with Crippen LogP contribution in [0.15, 0.2) is 59.2 Å². The molecule has 0 saturated carbocycles. The first-order valence-electron chi connectivity index (χ1n) is 8.60. The molecule has 0 aliphatic rings. The molecule has 0 fully saturated rings. The van der Waals surface area contributed by atoms with Crippen molar-refractivity contribution in [1.82, 2.24) is 20.4 Å². The molecule has 1 aromatic carbocycles. The van der Waals surface area contributed by atoms with Gasteiger partial charge in [-0.1, -0.05) is 29.8 Å². The second-order valence-electron chi connectivity index (χ2n) is 5.94. The molecule has 0 aliphatic heterocycles. The number of benzene rings is 1. The number of nitrogens with one attached hydrogen (secondary N) is 2. The molecule has 0 saturated heterocycles. The summed E-state index contributed by atoms with van der Waals surface area (Å²) in [5.74, 6) is -0.0829. The molecule has 28 heavy (non-hydrogen) atoms. The molecule has 0 radical (unpaired) electrons. The van der Waals surface area contributed by atoms with Crippen molar-refractivity contribution < 1.29 is 14.0 Å². The Hall–Kier alpha value is -3.32. The Morgan fingerprint density at radius 2 is 1.96 bits per heavy atom. The molecule has 3 aromatic rings. The predicted octanol–water partition coefficient (Wildman–Crippen LogP) is 2.87. The van der Waals surface area contributed by atoms with Gasteiger partial charge in [-0.25, -0.2) is 4.68 Å². The van der Waals surface area contributed by atoms with Crippen molar-refractivity contribution in [1.29, 1.82) is 0 Å². The second kappa shape index (κ2) is 9.05. The number of aryl methyl sites for hydroxylation is 1. The number of furan rings is 1. The number of amides is 2. The highest BCUT2D eigenvalue weighted by Gasteiger charge is 2.12. The van der Waals surface area contributed by atoms with Crippen LogP contribution >= 0.6 is 11.6 Å². The van der Waals surface area contributed by atoms with E-state index in [9.17, 15) is 9.59 Å². The van der Waals surface area contributed by atoms with Crippen molar-refractivity contribution >= 4 is 29.5 Å². The van der Waals surface area contributed by atoms with Crippen LogP contribution in [0.3, 0.4) is 0 Å². The number of hydrogen-bond acceptors (Lipinski definition) is 4. The zero-order valence-corrected chi connectivity index (χ0v) is 15.9. The van der Waals surface area contributed by atoms with Crippen molar-refractivity contribution in [2.45, 2.75) is 13.5 Å². The van der Waals surface area contributed by atoms with Crippen molar-refractivity contribution in [3.63, 3.8) is 0 Å². The van der Waals surface area contributed by atoms with Gasteiger partial charge < -0.3 is 15.1 Å². The zero-order chi connectivity index (χ0) is 19.9. The summed E-state index contributed by atoms with van der Waals surface area (Å²) in [6.07, 6.45) is 4.44. The smallest absolute Gasteiger partial charge is 0.244 e. The number of para-hydroxylation sites is 1. The van der Waals surface area contributed by atoms with E-state index < -0.39 is 5.91 Å². The third kappa shape index (κ3) is 4.89. The van der Waals surface area contributed by atoms with Gasteiger partial charge >= 0.3 is 0 Å². The standard InChI is InChI=1S/C20H19ClN4O3/c1-14-17(20(21)25(24-14)15-6-3-2-4-7-15)9-10-18(26)23-13-19(27)22-12-16-8-5-11-28-16/h2-11H,12-13H2,1H3,(H,22,27)(H,23,26). The summed E-state index contributed by atoms with van der Waals surface area (Å²) in [6.45, 7) is 1.94. The van der Waals surface area contributed by atoms with Crippen LogP contribution in [0.4, 0.5) is 0 Å². The Bertz CT molecular complexity index is 979. The number of hydrogen-bond donors (Lipinski definition) is 2. The van der Waals surface area contributed by atoms with Crippen molar-refractivity contribution in [2.75, 3.05) is 6.54 Å². The highest BCUT2D eigenvalue weighted by Crippen LogP contribution is 2.24. The van der Waals surface area contributed by atoms with Gasteiger partial charge in [0.2, 0.25) is 11.8 Å². The van der Waals surface area contributed by atoms with Crippen LogP contribution in [0.2, 0.25) is 5.15 Å². The summed E-state index contributed by atoms with van der Waals surface area (Å²) in [4.78, 5) is 23.7. The lowest BCUT2D eigenvalue weighted by molar-refractivity contribution is -0.124. The summed E-state index contributed by atoms with van der Waals surface area (Å²) in [7, 11) is 0. The minimum atomic E-state index is -0.406. The number of rotatable bonds is 7. The van der Waals surface area contributed by atoms with E-state index in [0.29, 0.717) is 22.2 Å². The Balaban J connectivity index is 1.55. The van der Waals surface area contributed by atoms with E-state index in [1.807, 2.05) is 37.3 Å². The summed E-state index contributed by atoms with van der Waals surface area (Å²) in [5, 5.41) is 9.99. The van der Waals surface area contributed by atoms with Crippen molar-refractivity contribution in [3.05, 3.63) is 77.0 Å². The molecule has 2 heterocycles. The molecular formula is C20H19ClN4O3. The van der Waals surface area contributed by atoms with Gasteiger partial charge in [-0.2, -0.15) is 5.10 Å². The van der Waals surface area contributed by atoms with Crippen LogP contribution in [0.25, 0.3) is 11.8 Å². The SMILES string of the molecule is Cc1nn(-c2ccccc2)c(Cl)c1C=CC(=O)NCC(=O)NCc1ccco1. The Labute approximate surface area is 167 Å². The van der Waals surface area contributed by atoms with Gasteiger partial charge in [0.25, 0.3) is 0 Å². The fraction of sp³-hybridized carbons (Fsp3) is 0.150. The summed E-state index contributed by atoms with van der Waals surface area (Å²) >= 11 is 6.41. The maximum absolute atomic E-state index is 12.0. The van der Waals surface area contributed by atoms with E-state index in [4.69, 9.17) is 16.0 Å². The molecule has 8 heteroatoms. The van der Waals surface area contributed by atoms with E-state index in [0.717, 1.165) is 5.69 Å². The Morgan fingerprint density at radius 1 is 1.18 bits per heavy atom. The van der Waals surface area contributed by atoms with Gasteiger partial charge in [-0.3, -0.25) is 9.59 Å². The van der Waals surface area contributed by atoms with Gasteiger partial charge in [0.15, 0.2) is 0 Å². The molecule has 144 valence electrons. The maximum atomic E-state index is 12.0. The molecule has 3 rings (SSSR count). The van der Waals surface area contributed by atoms with Gasteiger partial charge in [-0.15, -0.1) is 0 Å². The highest BCUT2D eigenvalue weighted by molar-refractivity contribution is 6.31. The van der Waals surface area contributed by atoms with E-state index in [1.165, 1.54) is 12.3 Å². The Morgan fingerprint density at radius 3 is 2.68 bits per heavy atom. The highest BCUT2D eigenvalue weighted by atomic mass is 35.5. The molecule has 0 aliphatic carbocycles. The molecule has 2 N–H and O–H groups in total. The number of halogens is 1. The van der Waals surface area contributed by atoms with Gasteiger partial charge in [0, 0.05) is 11.6 Å². The lowest BCUT2D eigenvalue weighted by atomic mass is 10.2. The third-order valence-corrected chi connectivity index (χ3v) is 4.28. The van der Waals surface area contributed by atoms with Gasteiger partial charge in [-0.05, 0) is 37.3 Å². The number of carbonyl (C=O) groups excluding carboxylic acids is 2. The lowest BCUT2D eigenvalue weighted by Crippen LogP contribution is -2.35. The minimum absolute atomic E-state index is 0.139. The quantitative estimate of drug-likeness (QED) is 0.599. The number of nitrogens with zero attached hydrogens (tertiary/aromatic N) is 2. The van der Waals surface area contributed by atoms with Crippen LogP contribution in [0.1, 0.15) is 17.0 Å². The molecule has 0 bridgehead atoms. The average molecular weight is 399 g/mol. The lowest BCUT2D eigenvalue weighted by Gasteiger charge is -2.04. The molecule has 2 aromatic heterocycles. The van der Waals surface area contributed by atoms with E-state index in [2.05, 4.69) is 15.7 Å². The van der Waals surface area contributed by atoms with Crippen molar-refractivity contribution in [2.24, 2.45) is 0 Å². The average Bonchev–Trinajstić information content (AvgIpc) is 3.32. The van der Waals surface area contributed by atoms with Crippen LogP contribution in [-0.4, -0.2) is 28.1 Å². The van der Waals surface area contributed by atoms with E-state index in [-0.39, 0.29) is 19.0 Å². The first-order chi connectivity index (χ1) is 13.5. The topological polar surface area (TPSA) is 89.2 Å². The van der Waals surface area contributed by atoms with Crippen LogP contribution < -0.4 is 10.6 Å². The maximum Gasteiger partial charge on any atom is 0.244 e. The molecule has 0 spiro atoms. The fourth-order valence-corrected chi connectivity index (χ4v) is 2.82. The normalized spacial score (nSPS) is 10.9. The van der Waals surface area contributed by atoms with Gasteiger partial charge in [0.1, 0.15) is 10.9 Å². The first-order valence-corrected chi connectivity index (χ1v) is 8.98. The van der Waals surface area contributed by atoms with E-state index >= 15 is 0 Å². The van der Waals surface area contributed by atoms with Crippen LogP contribution in [0.5, 0.6) is 0 Å². The fourth-order valence-electron chi connectivity index (χ4n) is 2.49. The molecule has 0 atom stereocenters.